The van der Waals surface area contributed by atoms with E-state index in [1.54, 1.807) is 17.0 Å². The Morgan fingerprint density at radius 3 is 2.69 bits per heavy atom. The van der Waals surface area contributed by atoms with Crippen LogP contribution in [0.3, 0.4) is 0 Å². The second-order valence-electron chi connectivity index (χ2n) is 11.2. The first-order chi connectivity index (χ1) is 21.8. The van der Waals surface area contributed by atoms with Crippen LogP contribution in [0.5, 0.6) is 11.5 Å². The van der Waals surface area contributed by atoms with Crippen molar-refractivity contribution in [3.8, 4) is 11.5 Å². The number of aromatic nitrogens is 2. The van der Waals surface area contributed by atoms with Crippen LogP contribution in [0.4, 0.5) is 8.78 Å². The number of methoxy groups -OCH3 is 1. The molecule has 0 spiro atoms. The second-order valence-corrected chi connectivity index (χ2v) is 11.2. The Kier molecular flexibility index (Phi) is 8.63. The molecule has 2 bridgehead atoms. The van der Waals surface area contributed by atoms with Gasteiger partial charge in [0.1, 0.15) is 19.0 Å². The van der Waals surface area contributed by atoms with Crippen molar-refractivity contribution >= 4 is 28.6 Å². The standard InChI is InChI=1S/C33H33F2N5O5/c1-44-28-8-7-22-15-29(28)45-14-13-38(30(41)20-39-12-9-21-5-2-3-6-27(21)39)11-4-10-36-32(42)25-19-40(18-24(22)25)33(43)31-26(35)16-23(34)17-37-31/h2-3,5-9,12,15-17,24-25H,4,10-11,13-14,18-20H2,1H3,(H,36,42)/t24-,25+/m1/s1. The van der Waals surface area contributed by atoms with Crippen LogP contribution >= 0.6 is 0 Å². The van der Waals surface area contributed by atoms with Gasteiger partial charge >= 0.3 is 0 Å². The predicted octanol–water partition coefficient (Wildman–Crippen LogP) is 3.61. The summed E-state index contributed by atoms with van der Waals surface area (Å²) < 4.78 is 41.5. The van der Waals surface area contributed by atoms with Crippen molar-refractivity contribution in [2.75, 3.05) is 46.4 Å². The molecule has 12 heteroatoms. The Labute approximate surface area is 258 Å². The van der Waals surface area contributed by atoms with Crippen LogP contribution in [0.2, 0.25) is 0 Å². The molecule has 4 aromatic rings. The van der Waals surface area contributed by atoms with E-state index >= 15 is 0 Å². The maximum absolute atomic E-state index is 14.4. The van der Waals surface area contributed by atoms with Gasteiger partial charge in [0.05, 0.1) is 25.8 Å². The number of pyridine rings is 1. The van der Waals surface area contributed by atoms with E-state index in [4.69, 9.17) is 9.47 Å². The fourth-order valence-corrected chi connectivity index (χ4v) is 6.10. The van der Waals surface area contributed by atoms with E-state index in [2.05, 4.69) is 10.3 Å². The number of halogens is 2. The molecule has 0 saturated carbocycles. The number of carbonyl (C=O) groups excluding carboxylic acids is 3. The molecule has 6 rings (SSSR count). The molecule has 0 unspecified atom stereocenters. The number of nitrogens with zero attached hydrogens (tertiary/aromatic N) is 4. The van der Waals surface area contributed by atoms with Crippen LogP contribution in [-0.2, 0) is 16.1 Å². The summed E-state index contributed by atoms with van der Waals surface area (Å²) in [6, 6.07) is 15.8. The number of carbonyl (C=O) groups is 3. The predicted molar refractivity (Wildman–Crippen MR) is 161 cm³/mol. The van der Waals surface area contributed by atoms with Crippen LogP contribution in [0.1, 0.15) is 28.4 Å². The number of rotatable bonds is 4. The van der Waals surface area contributed by atoms with Crippen molar-refractivity contribution in [1.29, 1.82) is 0 Å². The lowest BCUT2D eigenvalue weighted by molar-refractivity contribution is -0.132. The molecule has 3 amide bonds. The van der Waals surface area contributed by atoms with Crippen LogP contribution in [-0.4, -0.2) is 83.5 Å². The first kappa shape index (κ1) is 30.0. The maximum Gasteiger partial charge on any atom is 0.275 e. The van der Waals surface area contributed by atoms with Gasteiger partial charge in [-0.05, 0) is 41.6 Å². The SMILES string of the molecule is COc1ccc2cc1OCCN(C(=O)Cn1ccc3ccccc31)CCCNC(=O)[C@H]1CN(C(=O)c3ncc(F)cc3F)C[C@H]21. The lowest BCUT2D eigenvalue weighted by atomic mass is 9.88. The first-order valence-electron chi connectivity index (χ1n) is 14.8. The normalized spacial score (nSPS) is 19.0. The molecule has 10 nitrogen and oxygen atoms in total. The highest BCUT2D eigenvalue weighted by molar-refractivity contribution is 5.94. The van der Waals surface area contributed by atoms with Gasteiger partial charge < -0.3 is 29.2 Å². The zero-order valence-electron chi connectivity index (χ0n) is 24.7. The third kappa shape index (κ3) is 6.31. The minimum Gasteiger partial charge on any atom is -0.493 e. The van der Waals surface area contributed by atoms with Crippen LogP contribution in [0.25, 0.3) is 10.9 Å². The number of fused-ring (bicyclic) bond motifs is 5. The smallest absolute Gasteiger partial charge is 0.275 e. The number of nitrogens with one attached hydrogen (secondary N) is 1. The molecule has 2 aromatic heterocycles. The zero-order chi connectivity index (χ0) is 31.5. The molecular formula is C33H33F2N5O5. The summed E-state index contributed by atoms with van der Waals surface area (Å²) in [7, 11) is 1.52. The van der Waals surface area contributed by atoms with Gasteiger partial charge in [-0.15, -0.1) is 0 Å². The van der Waals surface area contributed by atoms with Crippen molar-refractivity contribution in [2.24, 2.45) is 5.92 Å². The van der Waals surface area contributed by atoms with Gasteiger partial charge in [0.2, 0.25) is 11.8 Å². The Hall–Kier alpha value is -5.00. The number of ether oxygens (including phenoxy) is 2. The van der Waals surface area contributed by atoms with Gasteiger partial charge in [0, 0.05) is 49.9 Å². The molecule has 0 aliphatic carbocycles. The summed E-state index contributed by atoms with van der Waals surface area (Å²) in [5.41, 5.74) is 1.20. The second kappa shape index (κ2) is 12.9. The first-order valence-corrected chi connectivity index (χ1v) is 14.8. The molecule has 45 heavy (non-hydrogen) atoms. The van der Waals surface area contributed by atoms with Gasteiger partial charge in [-0.1, -0.05) is 24.3 Å². The quantitative estimate of drug-likeness (QED) is 0.375. The topological polar surface area (TPSA) is 106 Å². The van der Waals surface area contributed by atoms with Crippen LogP contribution in [0.15, 0.2) is 67.0 Å². The number of amides is 3. The highest BCUT2D eigenvalue weighted by atomic mass is 19.1. The molecule has 0 radical (unpaired) electrons. The fourth-order valence-electron chi connectivity index (χ4n) is 6.10. The van der Waals surface area contributed by atoms with Gasteiger partial charge in [-0.2, -0.15) is 0 Å². The molecule has 2 aliphatic heterocycles. The Balaban J connectivity index is 1.23. The summed E-state index contributed by atoms with van der Waals surface area (Å²) in [6.45, 7) is 1.55. The molecule has 2 atom stereocenters. The third-order valence-electron chi connectivity index (χ3n) is 8.43. The van der Waals surface area contributed by atoms with Crippen molar-refractivity contribution in [3.63, 3.8) is 0 Å². The van der Waals surface area contributed by atoms with E-state index in [1.807, 2.05) is 47.2 Å². The minimum atomic E-state index is -1.06. The van der Waals surface area contributed by atoms with E-state index in [9.17, 15) is 23.2 Å². The average molecular weight is 618 g/mol. The molecule has 1 N–H and O–H groups in total. The Bertz CT molecular complexity index is 1740. The van der Waals surface area contributed by atoms with Gasteiger partial charge in [0.15, 0.2) is 23.0 Å². The largest absolute Gasteiger partial charge is 0.493 e. The third-order valence-corrected chi connectivity index (χ3v) is 8.43. The van der Waals surface area contributed by atoms with Crippen LogP contribution in [0, 0.1) is 17.6 Å². The summed E-state index contributed by atoms with van der Waals surface area (Å²) >= 11 is 0. The number of benzene rings is 2. The summed E-state index contributed by atoms with van der Waals surface area (Å²) in [6.07, 6.45) is 3.19. The summed E-state index contributed by atoms with van der Waals surface area (Å²) in [4.78, 5) is 47.0. The van der Waals surface area contributed by atoms with Gasteiger partial charge in [0.25, 0.3) is 5.91 Å². The highest BCUT2D eigenvalue weighted by Crippen LogP contribution is 2.38. The molecular weight excluding hydrogens is 584 g/mol. The zero-order valence-corrected chi connectivity index (χ0v) is 24.7. The van der Waals surface area contributed by atoms with E-state index in [1.165, 1.54) is 12.0 Å². The summed E-state index contributed by atoms with van der Waals surface area (Å²) in [5.74, 6) is -3.18. The van der Waals surface area contributed by atoms with Gasteiger partial charge in [-0.3, -0.25) is 14.4 Å². The van der Waals surface area contributed by atoms with E-state index in [-0.39, 0.29) is 38.1 Å². The number of likely N-dealkylation sites (tertiary alicyclic amines) is 1. The van der Waals surface area contributed by atoms with Crippen molar-refractivity contribution < 1.29 is 32.6 Å². The van der Waals surface area contributed by atoms with Crippen molar-refractivity contribution in [2.45, 2.75) is 18.9 Å². The monoisotopic (exact) mass is 617 g/mol. The molecule has 2 aromatic carbocycles. The molecule has 2 aliphatic rings. The molecule has 4 heterocycles. The van der Waals surface area contributed by atoms with Crippen LogP contribution < -0.4 is 14.8 Å². The highest BCUT2D eigenvalue weighted by Gasteiger charge is 2.41. The molecule has 1 saturated heterocycles. The average Bonchev–Trinajstić information content (AvgIpc) is 3.66. The van der Waals surface area contributed by atoms with Gasteiger partial charge in [-0.25, -0.2) is 13.8 Å². The van der Waals surface area contributed by atoms with Crippen molar-refractivity contribution in [1.82, 2.24) is 24.7 Å². The lowest BCUT2D eigenvalue weighted by Crippen LogP contribution is -2.40. The van der Waals surface area contributed by atoms with E-state index < -0.39 is 35.1 Å². The number of para-hydroxylation sites is 1. The lowest BCUT2D eigenvalue weighted by Gasteiger charge is -2.25. The van der Waals surface area contributed by atoms with Crippen molar-refractivity contribution in [3.05, 3.63) is 89.9 Å². The Morgan fingerprint density at radius 1 is 1.04 bits per heavy atom. The summed E-state index contributed by atoms with van der Waals surface area (Å²) in [5, 5.41) is 4.02. The fraction of sp³-hybridized carbons (Fsp3) is 0.333. The minimum absolute atomic E-state index is 0.0193. The number of hydrogen-bond acceptors (Lipinski definition) is 6. The molecule has 1 fully saturated rings. The van der Waals surface area contributed by atoms with E-state index in [0.29, 0.717) is 43.6 Å². The van der Waals surface area contributed by atoms with E-state index in [0.717, 1.165) is 22.7 Å². The maximum atomic E-state index is 14.4. The molecule has 234 valence electrons. The Morgan fingerprint density at radius 2 is 1.87 bits per heavy atom. The number of hydrogen-bond donors (Lipinski definition) is 1.